The normalized spacial score (nSPS) is 50.1. The van der Waals surface area contributed by atoms with Crippen molar-refractivity contribution in [3.63, 3.8) is 0 Å². The highest BCUT2D eigenvalue weighted by molar-refractivity contribution is 6.07. The third-order valence-corrected chi connectivity index (χ3v) is 7.92. The predicted octanol–water partition coefficient (Wildman–Crippen LogP) is 3.25. The van der Waals surface area contributed by atoms with Crippen LogP contribution in [-0.4, -0.2) is 27.6 Å². The van der Waals surface area contributed by atoms with Gasteiger partial charge in [0.1, 0.15) is 0 Å². The van der Waals surface area contributed by atoms with Gasteiger partial charge in [0.2, 0.25) is 0 Å². The molecule has 0 aromatic heterocycles. The standard InChI is InChI=1S/C20H26O4/c1-12-15(21)19-9-5-13-17(2,7-4-8-18(13,3)16(22)23)14(19)6-10-20(12,24)11-19/h6,13,24H,1,4-5,7-11H2,2-3H3,(H,22,23). The molecule has 2 bridgehead atoms. The molecule has 4 nitrogen and oxygen atoms in total. The number of carbonyl (C=O) groups is 2. The lowest BCUT2D eigenvalue weighted by Crippen LogP contribution is -2.56. The molecule has 0 aromatic rings. The quantitative estimate of drug-likeness (QED) is 0.572. The van der Waals surface area contributed by atoms with Crippen LogP contribution in [-0.2, 0) is 9.59 Å². The third-order valence-electron chi connectivity index (χ3n) is 7.92. The molecule has 1 spiro atoms. The van der Waals surface area contributed by atoms with Crippen molar-refractivity contribution in [2.75, 3.05) is 0 Å². The number of rotatable bonds is 1. The van der Waals surface area contributed by atoms with E-state index in [1.807, 2.05) is 6.92 Å². The first-order valence-electron chi connectivity index (χ1n) is 9.01. The van der Waals surface area contributed by atoms with E-state index in [0.717, 1.165) is 24.8 Å². The monoisotopic (exact) mass is 330 g/mol. The molecule has 4 rings (SSSR count). The number of aliphatic carboxylic acids is 1. The summed E-state index contributed by atoms with van der Waals surface area (Å²) in [5, 5.41) is 20.7. The Morgan fingerprint density at radius 2 is 2.00 bits per heavy atom. The Balaban J connectivity index is 1.86. The van der Waals surface area contributed by atoms with Crippen molar-refractivity contribution in [3.8, 4) is 0 Å². The second kappa shape index (κ2) is 4.40. The average Bonchev–Trinajstić information content (AvgIpc) is 2.64. The van der Waals surface area contributed by atoms with E-state index in [4.69, 9.17) is 0 Å². The Morgan fingerprint density at radius 1 is 1.29 bits per heavy atom. The lowest BCUT2D eigenvalue weighted by Gasteiger charge is -2.59. The van der Waals surface area contributed by atoms with Gasteiger partial charge in [-0.05, 0) is 56.8 Å². The number of aliphatic hydroxyl groups is 1. The third kappa shape index (κ3) is 1.58. The molecule has 5 unspecified atom stereocenters. The van der Waals surface area contributed by atoms with Crippen molar-refractivity contribution in [1.29, 1.82) is 0 Å². The number of fused-ring (bicyclic) bond motifs is 3. The maximum atomic E-state index is 13.0. The van der Waals surface area contributed by atoms with Gasteiger partial charge in [0.15, 0.2) is 5.78 Å². The van der Waals surface area contributed by atoms with Crippen LogP contribution in [0.5, 0.6) is 0 Å². The van der Waals surface area contributed by atoms with Gasteiger partial charge in [-0.1, -0.05) is 31.6 Å². The van der Waals surface area contributed by atoms with Crippen molar-refractivity contribution < 1.29 is 19.8 Å². The lowest BCUT2D eigenvalue weighted by molar-refractivity contribution is -0.162. The largest absolute Gasteiger partial charge is 0.481 e. The average molecular weight is 330 g/mol. The molecular formula is C20H26O4. The molecule has 3 saturated carbocycles. The Morgan fingerprint density at radius 3 is 2.67 bits per heavy atom. The minimum absolute atomic E-state index is 0.00368. The highest BCUT2D eigenvalue weighted by Gasteiger charge is 2.68. The predicted molar refractivity (Wildman–Crippen MR) is 89.3 cm³/mol. The van der Waals surface area contributed by atoms with Gasteiger partial charge >= 0.3 is 5.97 Å². The van der Waals surface area contributed by atoms with Crippen LogP contribution in [0.4, 0.5) is 0 Å². The van der Waals surface area contributed by atoms with Crippen molar-refractivity contribution >= 4 is 11.8 Å². The molecule has 0 radical (unpaired) electrons. The Kier molecular flexibility index (Phi) is 2.95. The minimum Gasteiger partial charge on any atom is -0.481 e. The molecule has 4 aliphatic carbocycles. The van der Waals surface area contributed by atoms with Crippen molar-refractivity contribution in [2.24, 2.45) is 22.2 Å². The summed E-state index contributed by atoms with van der Waals surface area (Å²) < 4.78 is 0. The Labute approximate surface area is 142 Å². The summed E-state index contributed by atoms with van der Waals surface area (Å²) in [6.45, 7) is 7.93. The van der Waals surface area contributed by atoms with Gasteiger partial charge in [0.05, 0.1) is 16.4 Å². The summed E-state index contributed by atoms with van der Waals surface area (Å²) in [6, 6.07) is 0. The molecule has 3 fully saturated rings. The highest BCUT2D eigenvalue weighted by Crippen LogP contribution is 2.70. The van der Waals surface area contributed by atoms with Crippen LogP contribution >= 0.6 is 0 Å². The van der Waals surface area contributed by atoms with Crippen LogP contribution in [0, 0.1) is 22.2 Å². The molecule has 0 aromatic carbocycles. The summed E-state index contributed by atoms with van der Waals surface area (Å²) in [5.41, 5.74) is -1.27. The SMILES string of the molecule is C=C1C(=O)C23CCC4C(C)(C(=O)O)CCCC4(C)C2=CCC1(O)C3. The van der Waals surface area contributed by atoms with Gasteiger partial charge in [-0.15, -0.1) is 0 Å². The fourth-order valence-corrected chi connectivity index (χ4v) is 6.66. The van der Waals surface area contributed by atoms with E-state index in [-0.39, 0.29) is 17.1 Å². The fourth-order valence-electron chi connectivity index (χ4n) is 6.66. The molecule has 0 amide bonds. The molecule has 0 aliphatic heterocycles. The molecule has 0 heterocycles. The number of ketones is 1. The van der Waals surface area contributed by atoms with Crippen LogP contribution in [0.1, 0.15) is 58.8 Å². The molecule has 5 atom stereocenters. The van der Waals surface area contributed by atoms with E-state index in [2.05, 4.69) is 19.6 Å². The van der Waals surface area contributed by atoms with Gasteiger partial charge in [0.25, 0.3) is 0 Å². The number of Topliss-reactive ketones (excluding diaryl/α,β-unsaturated/α-hetero) is 1. The molecule has 2 N–H and O–H groups in total. The van der Waals surface area contributed by atoms with Crippen LogP contribution in [0.3, 0.4) is 0 Å². The number of hydrogen-bond acceptors (Lipinski definition) is 3. The van der Waals surface area contributed by atoms with Crippen molar-refractivity contribution in [2.45, 2.75) is 64.4 Å². The summed E-state index contributed by atoms with van der Waals surface area (Å²) in [4.78, 5) is 25.1. The maximum absolute atomic E-state index is 13.0. The van der Waals surface area contributed by atoms with Gasteiger partial charge in [-0.2, -0.15) is 0 Å². The number of carbonyl (C=O) groups excluding carboxylic acids is 1. The number of carboxylic acids is 1. The topological polar surface area (TPSA) is 74.6 Å². The molecule has 130 valence electrons. The van der Waals surface area contributed by atoms with Crippen molar-refractivity contribution in [1.82, 2.24) is 0 Å². The molecule has 24 heavy (non-hydrogen) atoms. The van der Waals surface area contributed by atoms with Crippen molar-refractivity contribution in [3.05, 3.63) is 23.8 Å². The summed E-state index contributed by atoms with van der Waals surface area (Å²) in [6.07, 6.45) is 6.78. The van der Waals surface area contributed by atoms with E-state index in [9.17, 15) is 19.8 Å². The molecule has 0 saturated heterocycles. The zero-order valence-corrected chi connectivity index (χ0v) is 14.5. The zero-order valence-electron chi connectivity index (χ0n) is 14.5. The molecule has 4 aliphatic rings. The number of allylic oxidation sites excluding steroid dienone is 1. The first-order chi connectivity index (χ1) is 11.1. The lowest BCUT2D eigenvalue weighted by atomic mass is 9.43. The second-order valence-electron chi connectivity index (χ2n) is 9.00. The summed E-state index contributed by atoms with van der Waals surface area (Å²) in [5.74, 6) is -0.679. The first kappa shape index (κ1) is 16.1. The maximum Gasteiger partial charge on any atom is 0.309 e. The number of hydrogen-bond donors (Lipinski definition) is 2. The number of carboxylic acid groups (broad SMARTS) is 1. The smallest absolute Gasteiger partial charge is 0.309 e. The van der Waals surface area contributed by atoms with E-state index in [0.29, 0.717) is 31.3 Å². The van der Waals surface area contributed by atoms with E-state index < -0.39 is 22.4 Å². The van der Waals surface area contributed by atoms with Crippen LogP contribution in [0.25, 0.3) is 0 Å². The first-order valence-corrected chi connectivity index (χ1v) is 9.01. The van der Waals surface area contributed by atoms with Gasteiger partial charge in [-0.25, -0.2) is 0 Å². The van der Waals surface area contributed by atoms with Gasteiger partial charge in [0, 0.05) is 5.57 Å². The molecule has 4 heteroatoms. The second-order valence-corrected chi connectivity index (χ2v) is 9.00. The van der Waals surface area contributed by atoms with Gasteiger partial charge < -0.3 is 10.2 Å². The summed E-state index contributed by atoms with van der Waals surface area (Å²) in [7, 11) is 0. The minimum atomic E-state index is -1.09. The van der Waals surface area contributed by atoms with Crippen LogP contribution in [0.15, 0.2) is 23.8 Å². The van der Waals surface area contributed by atoms with Crippen LogP contribution in [0.2, 0.25) is 0 Å². The zero-order chi connectivity index (χ0) is 17.5. The van der Waals surface area contributed by atoms with E-state index >= 15 is 0 Å². The Hall–Kier alpha value is -1.42. The van der Waals surface area contributed by atoms with Gasteiger partial charge in [-0.3, -0.25) is 9.59 Å². The Bertz CT molecular complexity index is 706. The van der Waals surface area contributed by atoms with Crippen LogP contribution < -0.4 is 0 Å². The van der Waals surface area contributed by atoms with E-state index in [1.165, 1.54) is 0 Å². The van der Waals surface area contributed by atoms with E-state index in [1.54, 1.807) is 0 Å². The molecular weight excluding hydrogens is 304 g/mol. The fraction of sp³-hybridized carbons (Fsp3) is 0.700. The summed E-state index contributed by atoms with van der Waals surface area (Å²) >= 11 is 0. The highest BCUT2D eigenvalue weighted by atomic mass is 16.4.